The number of hydrogen-bond donors (Lipinski definition) is 0. The van der Waals surface area contributed by atoms with E-state index in [1.807, 2.05) is 6.07 Å². The Hall–Kier alpha value is -7.16. The molecule has 0 aliphatic rings. The molecule has 1 aromatic heterocycles. The van der Waals surface area contributed by atoms with Crippen LogP contribution in [0.4, 0.5) is 17.1 Å². The number of fused-ring (bicyclic) bond motifs is 4. The lowest BCUT2D eigenvalue weighted by atomic mass is 9.87. The molecule has 0 aliphatic heterocycles. The molecule has 0 bridgehead atoms. The second-order valence-corrected chi connectivity index (χ2v) is 13.7. The van der Waals surface area contributed by atoms with E-state index in [1.165, 1.54) is 44.2 Å². The summed E-state index contributed by atoms with van der Waals surface area (Å²) >= 11 is 0. The van der Waals surface area contributed by atoms with Crippen molar-refractivity contribution >= 4 is 49.8 Å². The molecule has 54 heavy (non-hydrogen) atoms. The van der Waals surface area contributed by atoms with Gasteiger partial charge in [-0.15, -0.1) is 0 Å². The summed E-state index contributed by atoms with van der Waals surface area (Å²) in [6.07, 6.45) is 0. The standard InChI is InChI=1S/C52H35NO/c1-3-16-36(17-4-1)40-31-33-42(38-19-5-2-6-20-38)47(35-40)44-23-10-9-22-43(44)45-24-11-13-26-48(45)53(41-32-30-37-18-7-8-21-39(37)34-41)49-27-15-29-51-52(49)46-25-12-14-28-50(46)54-51/h1-35H. The second-order valence-electron chi connectivity index (χ2n) is 13.7. The number of benzene rings is 9. The van der Waals surface area contributed by atoms with Crippen LogP contribution in [-0.2, 0) is 0 Å². The number of nitrogens with zero attached hydrogens (tertiary/aromatic N) is 1. The second kappa shape index (κ2) is 13.4. The molecule has 0 atom stereocenters. The summed E-state index contributed by atoms with van der Waals surface area (Å²) in [5.41, 5.74) is 14.4. The first kappa shape index (κ1) is 31.6. The number of rotatable bonds is 7. The van der Waals surface area contributed by atoms with E-state index in [4.69, 9.17) is 4.42 Å². The summed E-state index contributed by atoms with van der Waals surface area (Å²) in [4.78, 5) is 2.42. The van der Waals surface area contributed by atoms with Gasteiger partial charge in [-0.1, -0.05) is 170 Å². The van der Waals surface area contributed by atoms with E-state index >= 15 is 0 Å². The highest BCUT2D eigenvalue weighted by Crippen LogP contribution is 2.48. The van der Waals surface area contributed by atoms with Crippen LogP contribution in [0.25, 0.3) is 77.2 Å². The fraction of sp³-hybridized carbons (Fsp3) is 0. The lowest BCUT2D eigenvalue weighted by Gasteiger charge is -2.29. The predicted octanol–water partition coefficient (Wildman–Crippen LogP) is 14.9. The van der Waals surface area contributed by atoms with Crippen molar-refractivity contribution in [3.05, 3.63) is 212 Å². The highest BCUT2D eigenvalue weighted by molar-refractivity contribution is 6.14. The van der Waals surface area contributed by atoms with Crippen molar-refractivity contribution in [3.8, 4) is 44.5 Å². The Morgan fingerprint density at radius 2 is 0.926 bits per heavy atom. The molecule has 0 fully saturated rings. The maximum atomic E-state index is 6.45. The third-order valence-corrected chi connectivity index (χ3v) is 10.5. The van der Waals surface area contributed by atoms with Crippen molar-refractivity contribution in [2.75, 3.05) is 4.90 Å². The summed E-state index contributed by atoms with van der Waals surface area (Å²) in [5, 5.41) is 4.58. The van der Waals surface area contributed by atoms with E-state index in [-0.39, 0.29) is 0 Å². The maximum Gasteiger partial charge on any atom is 0.137 e. The molecule has 0 saturated carbocycles. The Labute approximate surface area is 314 Å². The van der Waals surface area contributed by atoms with Crippen LogP contribution in [0, 0.1) is 0 Å². The molecule has 0 radical (unpaired) electrons. The molecule has 254 valence electrons. The Morgan fingerprint density at radius 1 is 0.315 bits per heavy atom. The fourth-order valence-corrected chi connectivity index (χ4v) is 7.96. The van der Waals surface area contributed by atoms with Gasteiger partial charge in [0.1, 0.15) is 11.2 Å². The first-order chi connectivity index (χ1) is 26.8. The molecule has 0 amide bonds. The molecular formula is C52H35NO. The Kier molecular flexibility index (Phi) is 7.85. The molecule has 1 heterocycles. The zero-order valence-electron chi connectivity index (χ0n) is 29.6. The van der Waals surface area contributed by atoms with Crippen LogP contribution >= 0.6 is 0 Å². The topological polar surface area (TPSA) is 16.4 Å². The largest absolute Gasteiger partial charge is 0.456 e. The molecule has 0 spiro atoms. The first-order valence-corrected chi connectivity index (χ1v) is 18.4. The van der Waals surface area contributed by atoms with Crippen LogP contribution in [0.3, 0.4) is 0 Å². The van der Waals surface area contributed by atoms with Gasteiger partial charge >= 0.3 is 0 Å². The van der Waals surface area contributed by atoms with Crippen molar-refractivity contribution in [1.82, 2.24) is 0 Å². The Balaban J connectivity index is 1.24. The van der Waals surface area contributed by atoms with Gasteiger partial charge in [-0.3, -0.25) is 0 Å². The zero-order chi connectivity index (χ0) is 35.8. The molecule has 10 aromatic rings. The van der Waals surface area contributed by atoms with Gasteiger partial charge in [-0.2, -0.15) is 0 Å². The van der Waals surface area contributed by atoms with Crippen molar-refractivity contribution < 1.29 is 4.42 Å². The molecule has 0 N–H and O–H groups in total. The maximum absolute atomic E-state index is 6.45. The average molecular weight is 690 g/mol. The van der Waals surface area contributed by atoms with Crippen LogP contribution in [0.2, 0.25) is 0 Å². The van der Waals surface area contributed by atoms with E-state index in [9.17, 15) is 0 Å². The Morgan fingerprint density at radius 3 is 1.74 bits per heavy atom. The van der Waals surface area contributed by atoms with Gasteiger partial charge in [0.25, 0.3) is 0 Å². The third-order valence-electron chi connectivity index (χ3n) is 10.5. The van der Waals surface area contributed by atoms with E-state index in [2.05, 4.69) is 211 Å². The lowest BCUT2D eigenvalue weighted by Crippen LogP contribution is -2.11. The SMILES string of the molecule is c1ccc(-c2ccc(-c3ccccc3)c(-c3ccccc3-c3ccccc3N(c3ccc4ccccc4c3)c3cccc4oc5ccccc5c34)c2)cc1. The van der Waals surface area contributed by atoms with Crippen molar-refractivity contribution in [3.63, 3.8) is 0 Å². The predicted molar refractivity (Wildman–Crippen MR) is 228 cm³/mol. The minimum atomic E-state index is 0.864. The van der Waals surface area contributed by atoms with Gasteiger partial charge in [0.05, 0.1) is 16.8 Å². The minimum Gasteiger partial charge on any atom is -0.456 e. The molecule has 0 unspecified atom stereocenters. The van der Waals surface area contributed by atoms with E-state index in [1.54, 1.807) is 0 Å². The van der Waals surface area contributed by atoms with E-state index in [0.29, 0.717) is 0 Å². The fourth-order valence-electron chi connectivity index (χ4n) is 7.96. The van der Waals surface area contributed by atoms with Crippen molar-refractivity contribution in [2.24, 2.45) is 0 Å². The number of para-hydroxylation sites is 2. The third kappa shape index (κ3) is 5.53. The van der Waals surface area contributed by atoms with Gasteiger partial charge in [-0.25, -0.2) is 0 Å². The van der Waals surface area contributed by atoms with Crippen LogP contribution in [-0.4, -0.2) is 0 Å². The highest BCUT2D eigenvalue weighted by Gasteiger charge is 2.23. The number of hydrogen-bond acceptors (Lipinski definition) is 2. The van der Waals surface area contributed by atoms with Gasteiger partial charge in [0, 0.05) is 16.6 Å². The Bertz CT molecular complexity index is 2940. The van der Waals surface area contributed by atoms with Crippen molar-refractivity contribution in [1.29, 1.82) is 0 Å². The molecule has 0 aliphatic carbocycles. The number of furan rings is 1. The summed E-state index contributed by atoms with van der Waals surface area (Å²) in [6, 6.07) is 76.0. The highest BCUT2D eigenvalue weighted by atomic mass is 16.3. The quantitative estimate of drug-likeness (QED) is 0.166. The van der Waals surface area contributed by atoms with Gasteiger partial charge < -0.3 is 9.32 Å². The molecule has 2 heteroatoms. The molecular weight excluding hydrogens is 655 g/mol. The lowest BCUT2D eigenvalue weighted by molar-refractivity contribution is 0.669. The molecule has 9 aromatic carbocycles. The van der Waals surface area contributed by atoms with E-state index < -0.39 is 0 Å². The van der Waals surface area contributed by atoms with Gasteiger partial charge in [0.2, 0.25) is 0 Å². The minimum absolute atomic E-state index is 0.864. The van der Waals surface area contributed by atoms with Crippen LogP contribution in [0.15, 0.2) is 217 Å². The molecule has 10 rings (SSSR count). The zero-order valence-corrected chi connectivity index (χ0v) is 29.6. The van der Waals surface area contributed by atoms with Crippen LogP contribution in [0.1, 0.15) is 0 Å². The summed E-state index contributed by atoms with van der Waals surface area (Å²) in [7, 11) is 0. The summed E-state index contributed by atoms with van der Waals surface area (Å²) < 4.78 is 6.45. The summed E-state index contributed by atoms with van der Waals surface area (Å²) in [6.45, 7) is 0. The van der Waals surface area contributed by atoms with E-state index in [0.717, 1.165) is 50.1 Å². The number of anilines is 3. The molecule has 2 nitrogen and oxygen atoms in total. The van der Waals surface area contributed by atoms with Crippen LogP contribution < -0.4 is 4.90 Å². The monoisotopic (exact) mass is 689 g/mol. The van der Waals surface area contributed by atoms with Gasteiger partial charge in [-0.05, 0) is 92.2 Å². The van der Waals surface area contributed by atoms with Gasteiger partial charge in [0.15, 0.2) is 0 Å². The van der Waals surface area contributed by atoms with Crippen LogP contribution in [0.5, 0.6) is 0 Å². The average Bonchev–Trinajstić information content (AvgIpc) is 3.64. The normalized spacial score (nSPS) is 11.3. The summed E-state index contributed by atoms with van der Waals surface area (Å²) in [5.74, 6) is 0. The van der Waals surface area contributed by atoms with Crippen molar-refractivity contribution in [2.45, 2.75) is 0 Å². The smallest absolute Gasteiger partial charge is 0.137 e. The first-order valence-electron chi connectivity index (χ1n) is 18.4. The molecule has 0 saturated heterocycles.